The van der Waals surface area contributed by atoms with E-state index in [9.17, 15) is 34.9 Å². The van der Waals surface area contributed by atoms with Gasteiger partial charge < -0.3 is 4.55 Å². The average molecular weight is 324 g/mol. The Hall–Kier alpha value is -1.23. The van der Waals surface area contributed by atoms with Crippen LogP contribution >= 0.6 is 0 Å². The summed E-state index contributed by atoms with van der Waals surface area (Å²) in [5, 5.41) is -6.21. The van der Waals surface area contributed by atoms with Gasteiger partial charge in [0, 0.05) is 6.92 Å². The highest BCUT2D eigenvalue weighted by Crippen LogP contribution is 2.38. The number of rotatable bonds is 2. The number of alkyl halides is 5. The van der Waals surface area contributed by atoms with E-state index in [-0.39, 0.29) is 0 Å². The average Bonchev–Trinajstić information content (AvgIpc) is 2.57. The number of halogens is 5. The third-order valence-electron chi connectivity index (χ3n) is 2.38. The molecule has 118 valence electrons. The maximum Gasteiger partial charge on any atom is 0.468 e. The third-order valence-corrected chi connectivity index (χ3v) is 3.24. The van der Waals surface area contributed by atoms with E-state index in [0.29, 0.717) is 0 Å². The lowest BCUT2D eigenvalue weighted by molar-refractivity contribution is -0.677. The molecular formula is C9H13F5N2O3S. The maximum absolute atomic E-state index is 11.4. The summed E-state index contributed by atoms with van der Waals surface area (Å²) in [4.78, 5) is 0. The van der Waals surface area contributed by atoms with Crippen LogP contribution in [0.1, 0.15) is 12.7 Å². The highest BCUT2D eigenvalue weighted by molar-refractivity contribution is 7.86. The second-order valence-electron chi connectivity index (χ2n) is 3.71. The molecule has 0 amide bonds. The molecule has 20 heavy (non-hydrogen) atoms. The Morgan fingerprint density at radius 3 is 1.85 bits per heavy atom. The van der Waals surface area contributed by atoms with Crippen molar-refractivity contribution >= 4 is 10.1 Å². The Bertz CT molecular complexity index is 550. The van der Waals surface area contributed by atoms with Gasteiger partial charge in [-0.05, 0) is 6.92 Å². The molecule has 0 atom stereocenters. The Labute approximate surface area is 112 Å². The summed E-state index contributed by atoms with van der Waals surface area (Å²) in [6.07, 6.45) is -2.19. The Kier molecular flexibility index (Phi) is 5.67. The summed E-state index contributed by atoms with van der Waals surface area (Å²) in [6, 6.07) is 0. The van der Waals surface area contributed by atoms with Crippen molar-refractivity contribution in [2.75, 3.05) is 0 Å². The number of hydrogen-bond donors (Lipinski definition) is 0. The first-order chi connectivity index (χ1) is 8.75. The molecule has 0 bridgehead atoms. The molecule has 11 heteroatoms. The molecule has 1 rings (SSSR count). The Morgan fingerprint density at radius 1 is 1.30 bits per heavy atom. The van der Waals surface area contributed by atoms with Crippen molar-refractivity contribution in [2.24, 2.45) is 7.05 Å². The molecule has 0 radical (unpaired) electrons. The Morgan fingerprint density at radius 2 is 1.75 bits per heavy atom. The van der Waals surface area contributed by atoms with Gasteiger partial charge in [-0.15, -0.1) is 0 Å². The van der Waals surface area contributed by atoms with E-state index in [2.05, 4.69) is 42.4 Å². The fraction of sp³-hybridized carbons (Fsp3) is 0.667. The molecule has 0 fully saturated rings. The van der Waals surface area contributed by atoms with E-state index in [4.69, 9.17) is 0 Å². The molecule has 5 nitrogen and oxygen atoms in total. The zero-order valence-corrected chi connectivity index (χ0v) is 11.6. The fourth-order valence-corrected chi connectivity index (χ4v) is 1.36. The SMILES string of the molecule is CCn1cc[n+](C)c1C.O=S(=O)([O-])C(F)(F)C(F)(F)F. The van der Waals surface area contributed by atoms with Gasteiger partial charge in [0.15, 0.2) is 10.1 Å². The van der Waals surface area contributed by atoms with Gasteiger partial charge in [-0.1, -0.05) is 0 Å². The van der Waals surface area contributed by atoms with Gasteiger partial charge in [0.25, 0.3) is 5.82 Å². The summed E-state index contributed by atoms with van der Waals surface area (Å²) in [7, 11) is -4.61. The molecule has 1 aromatic rings. The van der Waals surface area contributed by atoms with Crippen molar-refractivity contribution in [1.82, 2.24) is 4.57 Å². The van der Waals surface area contributed by atoms with Gasteiger partial charge in [0.05, 0.1) is 13.6 Å². The second-order valence-corrected chi connectivity index (χ2v) is 5.13. The van der Waals surface area contributed by atoms with Gasteiger partial charge >= 0.3 is 11.4 Å². The third kappa shape index (κ3) is 4.13. The van der Waals surface area contributed by atoms with Gasteiger partial charge in [-0.3, -0.25) is 0 Å². The smallest absolute Gasteiger partial charge is 0.468 e. The molecule has 0 saturated carbocycles. The number of aryl methyl sites for hydroxylation is 2. The lowest BCUT2D eigenvalue weighted by Crippen LogP contribution is -2.43. The zero-order valence-electron chi connectivity index (χ0n) is 10.8. The maximum atomic E-state index is 11.4. The van der Waals surface area contributed by atoms with Crippen LogP contribution in [0.4, 0.5) is 22.0 Å². The monoisotopic (exact) mass is 324 g/mol. The first-order valence-corrected chi connectivity index (χ1v) is 6.57. The van der Waals surface area contributed by atoms with E-state index < -0.39 is 21.5 Å². The minimum Gasteiger partial charge on any atom is -0.743 e. The molecule has 0 aliphatic carbocycles. The van der Waals surface area contributed by atoms with Gasteiger partial charge in [-0.25, -0.2) is 17.6 Å². The van der Waals surface area contributed by atoms with Crippen LogP contribution in [-0.2, 0) is 23.7 Å². The van der Waals surface area contributed by atoms with Crippen molar-refractivity contribution < 1.29 is 39.5 Å². The standard InChI is InChI=1S/C7H13N2.C2HF5O3S/c1-4-9-6-5-8(3)7(9)2;3-1(4,5)2(6,7)11(8,9)10/h5-6H,4H2,1-3H3;(H,8,9,10)/q+1;/p-1. The largest absolute Gasteiger partial charge is 0.743 e. The van der Waals surface area contributed by atoms with Gasteiger partial charge in [0.2, 0.25) is 0 Å². The molecule has 0 N–H and O–H groups in total. The number of nitrogens with zero attached hydrogens (tertiary/aromatic N) is 2. The lowest BCUT2D eigenvalue weighted by Gasteiger charge is -2.21. The Balaban J connectivity index is 0.000000367. The van der Waals surface area contributed by atoms with Crippen LogP contribution in [0.15, 0.2) is 12.4 Å². The van der Waals surface area contributed by atoms with Crippen LogP contribution in [0.25, 0.3) is 0 Å². The van der Waals surface area contributed by atoms with Crippen LogP contribution in [0.2, 0.25) is 0 Å². The summed E-state index contributed by atoms with van der Waals surface area (Å²) in [5.74, 6) is 1.30. The first kappa shape index (κ1) is 18.8. The number of aromatic nitrogens is 2. The summed E-state index contributed by atoms with van der Waals surface area (Å²) >= 11 is 0. The fourth-order valence-electron chi connectivity index (χ4n) is 1.07. The van der Waals surface area contributed by atoms with Crippen molar-refractivity contribution in [2.45, 2.75) is 31.8 Å². The highest BCUT2D eigenvalue weighted by Gasteiger charge is 2.63. The molecule has 0 spiro atoms. The summed E-state index contributed by atoms with van der Waals surface area (Å²) in [6.45, 7) is 5.32. The molecule has 0 unspecified atom stereocenters. The van der Waals surface area contributed by atoms with E-state index in [1.165, 1.54) is 5.82 Å². The van der Waals surface area contributed by atoms with E-state index in [0.717, 1.165) is 6.54 Å². The van der Waals surface area contributed by atoms with Crippen LogP contribution < -0.4 is 4.57 Å². The molecule has 0 aliphatic heterocycles. The van der Waals surface area contributed by atoms with E-state index in [1.54, 1.807) is 0 Å². The molecule has 0 aliphatic rings. The zero-order chi connectivity index (χ0) is 16.4. The predicted octanol–water partition coefficient (Wildman–Crippen LogP) is 1.33. The molecule has 1 heterocycles. The molecule has 0 aromatic carbocycles. The van der Waals surface area contributed by atoms with Gasteiger partial charge in [-0.2, -0.15) is 22.0 Å². The van der Waals surface area contributed by atoms with Crippen molar-refractivity contribution in [3.63, 3.8) is 0 Å². The minimum atomic E-state index is -6.67. The van der Waals surface area contributed by atoms with Crippen molar-refractivity contribution in [3.8, 4) is 0 Å². The van der Waals surface area contributed by atoms with Crippen molar-refractivity contribution in [1.29, 1.82) is 0 Å². The second kappa shape index (κ2) is 6.04. The van der Waals surface area contributed by atoms with Crippen LogP contribution in [-0.4, -0.2) is 29.0 Å². The van der Waals surface area contributed by atoms with Crippen LogP contribution in [0, 0.1) is 6.92 Å². The number of imidazole rings is 1. The van der Waals surface area contributed by atoms with Crippen LogP contribution in [0.3, 0.4) is 0 Å². The summed E-state index contributed by atoms with van der Waals surface area (Å²) < 4.78 is 88.0. The first-order valence-electron chi connectivity index (χ1n) is 5.17. The summed E-state index contributed by atoms with van der Waals surface area (Å²) in [5.41, 5.74) is 0. The number of hydrogen-bond acceptors (Lipinski definition) is 3. The lowest BCUT2D eigenvalue weighted by atomic mass is 10.6. The van der Waals surface area contributed by atoms with Crippen LogP contribution in [0.5, 0.6) is 0 Å². The molecular weight excluding hydrogens is 311 g/mol. The topological polar surface area (TPSA) is 66.0 Å². The minimum absolute atomic E-state index is 1.06. The predicted molar refractivity (Wildman–Crippen MR) is 56.7 cm³/mol. The van der Waals surface area contributed by atoms with Gasteiger partial charge in [0.1, 0.15) is 12.4 Å². The normalized spacial score (nSPS) is 12.8. The quantitative estimate of drug-likeness (QED) is 0.468. The molecule has 0 saturated heterocycles. The highest BCUT2D eigenvalue weighted by atomic mass is 32.2. The van der Waals surface area contributed by atoms with E-state index >= 15 is 0 Å². The van der Waals surface area contributed by atoms with Crippen molar-refractivity contribution in [3.05, 3.63) is 18.2 Å². The molecule has 1 aromatic heterocycles. The van der Waals surface area contributed by atoms with E-state index in [1.807, 2.05) is 0 Å².